The highest BCUT2D eigenvalue weighted by Crippen LogP contribution is 2.23. The van der Waals surface area contributed by atoms with Gasteiger partial charge in [-0.2, -0.15) is 4.98 Å². The second kappa shape index (κ2) is 7.92. The summed E-state index contributed by atoms with van der Waals surface area (Å²) < 4.78 is 18.1. The summed E-state index contributed by atoms with van der Waals surface area (Å²) in [5.41, 5.74) is 2.31. The SMILES string of the molecule is Cc1c(C)n2c3c(=O)n(CCN4CCOCC4)c(=O)n(C)c3nc2n1C[C@H]1CCCO1. The van der Waals surface area contributed by atoms with Crippen LogP contribution in [0, 0.1) is 13.8 Å². The smallest absolute Gasteiger partial charge is 0.332 e. The summed E-state index contributed by atoms with van der Waals surface area (Å²) in [6.45, 7) is 9.54. The zero-order valence-electron chi connectivity index (χ0n) is 18.5. The molecule has 0 aliphatic carbocycles. The van der Waals surface area contributed by atoms with Crippen LogP contribution in [-0.4, -0.2) is 73.5 Å². The van der Waals surface area contributed by atoms with Gasteiger partial charge in [0.05, 0.1) is 25.9 Å². The molecule has 168 valence electrons. The number of nitrogens with zero attached hydrogens (tertiary/aromatic N) is 6. The number of aryl methyl sites for hydroxylation is 2. The Morgan fingerprint density at radius 3 is 2.52 bits per heavy atom. The van der Waals surface area contributed by atoms with Crippen LogP contribution >= 0.6 is 0 Å². The summed E-state index contributed by atoms with van der Waals surface area (Å²) in [5.74, 6) is 0.693. The van der Waals surface area contributed by atoms with E-state index in [1.807, 2.05) is 18.2 Å². The summed E-state index contributed by atoms with van der Waals surface area (Å²) in [6.07, 6.45) is 2.25. The van der Waals surface area contributed by atoms with E-state index in [9.17, 15) is 9.59 Å². The average Bonchev–Trinajstić information content (AvgIpc) is 3.48. The molecule has 3 aromatic rings. The van der Waals surface area contributed by atoms with Crippen molar-refractivity contribution in [1.82, 2.24) is 28.0 Å². The lowest BCUT2D eigenvalue weighted by atomic mass is 10.2. The Balaban J connectivity index is 1.61. The number of fused-ring (bicyclic) bond motifs is 3. The predicted molar refractivity (Wildman–Crippen MR) is 116 cm³/mol. The van der Waals surface area contributed by atoms with E-state index in [2.05, 4.69) is 9.47 Å². The number of ether oxygens (including phenoxy) is 2. The first kappa shape index (κ1) is 20.5. The zero-order valence-corrected chi connectivity index (χ0v) is 18.5. The highest BCUT2D eigenvalue weighted by Gasteiger charge is 2.25. The van der Waals surface area contributed by atoms with Gasteiger partial charge in [0, 0.05) is 51.2 Å². The van der Waals surface area contributed by atoms with Crippen LogP contribution in [0.1, 0.15) is 24.2 Å². The molecule has 31 heavy (non-hydrogen) atoms. The van der Waals surface area contributed by atoms with Crippen LogP contribution in [0.25, 0.3) is 16.9 Å². The molecule has 2 aliphatic heterocycles. The minimum atomic E-state index is -0.327. The molecule has 0 radical (unpaired) electrons. The molecule has 0 aromatic carbocycles. The molecule has 10 heteroatoms. The fraction of sp³-hybridized carbons (Fsp3) is 0.667. The number of hydrogen-bond acceptors (Lipinski definition) is 6. The molecular weight excluding hydrogens is 400 g/mol. The van der Waals surface area contributed by atoms with Crippen LogP contribution in [0.3, 0.4) is 0 Å². The van der Waals surface area contributed by atoms with Crippen molar-refractivity contribution in [2.45, 2.75) is 45.9 Å². The molecule has 0 N–H and O–H groups in total. The van der Waals surface area contributed by atoms with E-state index in [0.29, 0.717) is 49.8 Å². The first-order chi connectivity index (χ1) is 15.0. The summed E-state index contributed by atoms with van der Waals surface area (Å²) in [6, 6.07) is 0. The highest BCUT2D eigenvalue weighted by molar-refractivity contribution is 5.76. The quantitative estimate of drug-likeness (QED) is 0.578. The van der Waals surface area contributed by atoms with E-state index in [1.165, 1.54) is 9.13 Å². The van der Waals surface area contributed by atoms with Gasteiger partial charge in [0.2, 0.25) is 5.78 Å². The Labute approximate surface area is 179 Å². The standard InChI is InChI=1S/C21H30N6O4/c1-14-15(2)27-17-18(22-20(27)26(14)13-16-5-4-10-31-16)23(3)21(29)25(19(17)28)7-6-24-8-11-30-12-9-24/h16H,4-13H2,1-3H3/t16-/m1/s1. The molecule has 0 bridgehead atoms. The van der Waals surface area contributed by atoms with Crippen LogP contribution in [0.4, 0.5) is 0 Å². The molecule has 5 rings (SSSR count). The maximum atomic E-state index is 13.5. The van der Waals surface area contributed by atoms with Crippen LogP contribution < -0.4 is 11.2 Å². The van der Waals surface area contributed by atoms with Gasteiger partial charge in [-0.15, -0.1) is 0 Å². The first-order valence-electron chi connectivity index (χ1n) is 11.1. The summed E-state index contributed by atoms with van der Waals surface area (Å²) in [7, 11) is 1.69. The fourth-order valence-electron chi connectivity index (χ4n) is 4.79. The average molecular weight is 431 g/mol. The number of hydrogen-bond donors (Lipinski definition) is 0. The third-order valence-electron chi connectivity index (χ3n) is 6.78. The number of aromatic nitrogens is 5. The minimum absolute atomic E-state index is 0.156. The Hall–Kier alpha value is -2.43. The van der Waals surface area contributed by atoms with Crippen LogP contribution in [0.5, 0.6) is 0 Å². The lowest BCUT2D eigenvalue weighted by Crippen LogP contribution is -2.44. The summed E-state index contributed by atoms with van der Waals surface area (Å²) >= 11 is 0. The van der Waals surface area contributed by atoms with E-state index in [0.717, 1.165) is 43.9 Å². The van der Waals surface area contributed by atoms with E-state index in [4.69, 9.17) is 14.5 Å². The molecule has 0 unspecified atom stereocenters. The zero-order chi connectivity index (χ0) is 21.7. The lowest BCUT2D eigenvalue weighted by molar-refractivity contribution is 0.0361. The lowest BCUT2D eigenvalue weighted by Gasteiger charge is -2.26. The Kier molecular flexibility index (Phi) is 5.23. The second-order valence-corrected chi connectivity index (χ2v) is 8.59. The van der Waals surface area contributed by atoms with E-state index in [1.54, 1.807) is 7.05 Å². The van der Waals surface area contributed by atoms with Crippen molar-refractivity contribution in [2.75, 3.05) is 39.5 Å². The van der Waals surface area contributed by atoms with Crippen LogP contribution in [-0.2, 0) is 29.6 Å². The molecule has 1 atom stereocenters. The van der Waals surface area contributed by atoms with Gasteiger partial charge in [-0.05, 0) is 26.7 Å². The third kappa shape index (κ3) is 3.33. The number of imidazole rings is 2. The van der Waals surface area contributed by atoms with Crippen molar-refractivity contribution in [3.8, 4) is 0 Å². The summed E-state index contributed by atoms with van der Waals surface area (Å²) in [5, 5.41) is 0. The maximum absolute atomic E-state index is 13.5. The molecule has 3 aromatic heterocycles. The molecule has 2 saturated heterocycles. The van der Waals surface area contributed by atoms with Gasteiger partial charge < -0.3 is 14.0 Å². The van der Waals surface area contributed by atoms with E-state index in [-0.39, 0.29) is 17.4 Å². The molecule has 10 nitrogen and oxygen atoms in total. The van der Waals surface area contributed by atoms with E-state index < -0.39 is 0 Å². The van der Waals surface area contributed by atoms with Gasteiger partial charge in [-0.25, -0.2) is 4.79 Å². The van der Waals surface area contributed by atoms with Crippen molar-refractivity contribution in [3.05, 3.63) is 32.2 Å². The van der Waals surface area contributed by atoms with Gasteiger partial charge >= 0.3 is 5.69 Å². The monoisotopic (exact) mass is 430 g/mol. The predicted octanol–water partition coefficient (Wildman–Crippen LogP) is 0.277. The molecule has 5 heterocycles. The molecule has 2 fully saturated rings. The van der Waals surface area contributed by atoms with Gasteiger partial charge in [0.1, 0.15) is 0 Å². The first-order valence-corrected chi connectivity index (χ1v) is 11.1. The maximum Gasteiger partial charge on any atom is 0.332 e. The van der Waals surface area contributed by atoms with Crippen molar-refractivity contribution in [2.24, 2.45) is 7.05 Å². The van der Waals surface area contributed by atoms with Crippen molar-refractivity contribution in [1.29, 1.82) is 0 Å². The van der Waals surface area contributed by atoms with E-state index >= 15 is 0 Å². The minimum Gasteiger partial charge on any atom is -0.379 e. The largest absolute Gasteiger partial charge is 0.379 e. The summed E-state index contributed by atoms with van der Waals surface area (Å²) in [4.78, 5) is 33.4. The highest BCUT2D eigenvalue weighted by atomic mass is 16.5. The second-order valence-electron chi connectivity index (χ2n) is 8.59. The molecular formula is C21H30N6O4. The van der Waals surface area contributed by atoms with Crippen LogP contribution in [0.15, 0.2) is 9.59 Å². The topological polar surface area (TPSA) is 87.9 Å². The Morgan fingerprint density at radius 1 is 1.03 bits per heavy atom. The van der Waals surface area contributed by atoms with Crippen molar-refractivity contribution in [3.63, 3.8) is 0 Å². The van der Waals surface area contributed by atoms with Gasteiger partial charge in [-0.3, -0.25) is 23.2 Å². The number of morpholine rings is 1. The Morgan fingerprint density at radius 2 is 1.81 bits per heavy atom. The Bertz CT molecular complexity index is 1240. The molecule has 0 spiro atoms. The molecule has 0 saturated carbocycles. The van der Waals surface area contributed by atoms with Crippen LogP contribution in [0.2, 0.25) is 0 Å². The molecule has 2 aliphatic rings. The van der Waals surface area contributed by atoms with Crippen molar-refractivity contribution >= 4 is 16.9 Å². The van der Waals surface area contributed by atoms with Gasteiger partial charge in [0.15, 0.2) is 11.2 Å². The van der Waals surface area contributed by atoms with Gasteiger partial charge in [-0.1, -0.05) is 0 Å². The number of rotatable bonds is 5. The fourth-order valence-corrected chi connectivity index (χ4v) is 4.79. The normalized spacial score (nSPS) is 20.4. The third-order valence-corrected chi connectivity index (χ3v) is 6.78. The van der Waals surface area contributed by atoms with Gasteiger partial charge in [0.25, 0.3) is 5.56 Å². The molecule has 0 amide bonds. The van der Waals surface area contributed by atoms with Crippen molar-refractivity contribution < 1.29 is 9.47 Å².